The van der Waals surface area contributed by atoms with Crippen LogP contribution in [0.5, 0.6) is 0 Å². The fraction of sp³-hybridized carbons (Fsp3) is 0.407. The highest BCUT2D eigenvalue weighted by Crippen LogP contribution is 2.36. The van der Waals surface area contributed by atoms with Gasteiger partial charge >= 0.3 is 6.18 Å². The number of benzene rings is 2. The Morgan fingerprint density at radius 2 is 1.75 bits per heavy atom. The third kappa shape index (κ3) is 5.63. The van der Waals surface area contributed by atoms with Crippen molar-refractivity contribution < 1.29 is 18.3 Å². The van der Waals surface area contributed by atoms with Crippen molar-refractivity contribution in [2.75, 3.05) is 23.9 Å². The van der Waals surface area contributed by atoms with Gasteiger partial charge in [0.2, 0.25) is 0 Å². The fourth-order valence-corrected chi connectivity index (χ4v) is 5.10. The molecule has 36 heavy (non-hydrogen) atoms. The Morgan fingerprint density at radius 3 is 2.53 bits per heavy atom. The molecule has 1 saturated carbocycles. The van der Waals surface area contributed by atoms with Crippen molar-refractivity contribution >= 4 is 17.2 Å². The van der Waals surface area contributed by atoms with Gasteiger partial charge in [0, 0.05) is 42.6 Å². The molecule has 6 nitrogen and oxygen atoms in total. The van der Waals surface area contributed by atoms with Crippen molar-refractivity contribution in [3.8, 4) is 11.3 Å². The highest BCUT2D eigenvalue weighted by Gasteiger charge is 2.31. The van der Waals surface area contributed by atoms with Gasteiger partial charge in [0.15, 0.2) is 0 Å². The minimum Gasteiger partial charge on any atom is -0.384 e. The lowest BCUT2D eigenvalue weighted by atomic mass is 9.89. The number of alkyl halides is 3. The van der Waals surface area contributed by atoms with E-state index in [4.69, 9.17) is 0 Å². The molecule has 1 fully saturated rings. The molecule has 1 aliphatic carbocycles. The van der Waals surface area contributed by atoms with E-state index in [1.807, 2.05) is 23.1 Å². The number of anilines is 3. The first-order chi connectivity index (χ1) is 17.4. The van der Waals surface area contributed by atoms with E-state index >= 15 is 0 Å². The van der Waals surface area contributed by atoms with E-state index in [0.29, 0.717) is 48.3 Å². The molecule has 0 amide bonds. The van der Waals surface area contributed by atoms with E-state index < -0.39 is 11.7 Å². The Morgan fingerprint density at radius 1 is 0.944 bits per heavy atom. The molecule has 2 aliphatic rings. The number of nitrogens with one attached hydrogen (secondary N) is 2. The number of rotatable bonds is 7. The van der Waals surface area contributed by atoms with E-state index in [2.05, 4.69) is 20.6 Å². The minimum atomic E-state index is -4.42. The monoisotopic (exact) mass is 497 g/mol. The van der Waals surface area contributed by atoms with Gasteiger partial charge < -0.3 is 15.7 Å². The summed E-state index contributed by atoms with van der Waals surface area (Å²) in [6.07, 6.45) is 2.76. The Bertz CT molecular complexity index is 1210. The molecule has 0 saturated heterocycles. The van der Waals surface area contributed by atoms with Gasteiger partial charge in [0.25, 0.3) is 0 Å². The first-order valence-electron chi connectivity index (χ1n) is 12.4. The van der Waals surface area contributed by atoms with Crippen LogP contribution in [0.25, 0.3) is 11.3 Å². The number of aromatic nitrogens is 2. The highest BCUT2D eigenvalue weighted by molar-refractivity contribution is 5.78. The summed E-state index contributed by atoms with van der Waals surface area (Å²) < 4.78 is 40.4. The van der Waals surface area contributed by atoms with Gasteiger partial charge in [0.05, 0.1) is 18.0 Å². The van der Waals surface area contributed by atoms with Gasteiger partial charge in [-0.1, -0.05) is 31.4 Å². The molecule has 190 valence electrons. The maximum atomic E-state index is 13.5. The quantitative estimate of drug-likeness (QED) is 0.363. The molecular formula is C27H30F3N5O. The number of hydrogen-bond acceptors (Lipinski definition) is 6. The maximum absolute atomic E-state index is 13.5. The predicted molar refractivity (Wildman–Crippen MR) is 134 cm³/mol. The number of halogens is 3. The maximum Gasteiger partial charge on any atom is 0.416 e. The van der Waals surface area contributed by atoms with Crippen molar-refractivity contribution in [3.05, 3.63) is 65.5 Å². The van der Waals surface area contributed by atoms with Gasteiger partial charge in [-0.25, -0.2) is 9.97 Å². The highest BCUT2D eigenvalue weighted by atomic mass is 19.4. The van der Waals surface area contributed by atoms with Crippen molar-refractivity contribution in [1.82, 2.24) is 14.9 Å². The Hall–Kier alpha value is -3.17. The van der Waals surface area contributed by atoms with Crippen LogP contribution in [0.15, 0.2) is 48.8 Å². The molecular weight excluding hydrogens is 467 g/mol. The molecule has 2 heterocycles. The SMILES string of the molecule is OCN1Cc2ccc(Nc3cc(-c4ccc(C(F)(F)F)cc4NCC4CCCCC4)ncn3)cc2C1. The lowest BCUT2D eigenvalue weighted by Crippen LogP contribution is -2.18. The van der Waals surface area contributed by atoms with Crippen molar-refractivity contribution in [1.29, 1.82) is 0 Å². The van der Waals surface area contributed by atoms with Crippen LogP contribution < -0.4 is 10.6 Å². The standard InChI is InChI=1S/C27H30F3N5O/c28-27(29,30)21-7-9-23(24(11-21)31-13-18-4-2-1-3-5-18)25-12-26(33-16-32-25)34-22-8-6-19-14-35(17-36)15-20(19)10-22/h6-12,16,18,31,36H,1-5,13-15,17H2,(H,32,33,34). The normalized spacial score (nSPS) is 16.7. The van der Waals surface area contributed by atoms with Crippen LogP contribution in [-0.2, 0) is 19.3 Å². The zero-order chi connectivity index (χ0) is 25.1. The number of nitrogens with zero attached hydrogens (tertiary/aromatic N) is 3. The third-order valence-electron chi connectivity index (χ3n) is 7.06. The van der Waals surface area contributed by atoms with E-state index in [0.717, 1.165) is 30.2 Å². The molecule has 3 aromatic rings. The molecule has 9 heteroatoms. The Kier molecular flexibility index (Phi) is 7.11. The number of aliphatic hydroxyl groups excluding tert-OH is 1. The molecule has 0 unspecified atom stereocenters. The summed E-state index contributed by atoms with van der Waals surface area (Å²) in [5, 5.41) is 16.0. The van der Waals surface area contributed by atoms with Crippen LogP contribution in [0.1, 0.15) is 48.8 Å². The van der Waals surface area contributed by atoms with E-state index in [9.17, 15) is 18.3 Å². The lowest BCUT2D eigenvalue weighted by molar-refractivity contribution is -0.137. The second-order valence-corrected chi connectivity index (χ2v) is 9.67. The number of fused-ring (bicyclic) bond motifs is 1. The molecule has 0 spiro atoms. The second kappa shape index (κ2) is 10.4. The average Bonchev–Trinajstić information content (AvgIpc) is 3.30. The average molecular weight is 498 g/mol. The largest absolute Gasteiger partial charge is 0.416 e. The van der Waals surface area contributed by atoms with Crippen molar-refractivity contribution in [2.45, 2.75) is 51.4 Å². The van der Waals surface area contributed by atoms with Crippen LogP contribution in [0.4, 0.5) is 30.4 Å². The topological polar surface area (TPSA) is 73.3 Å². The smallest absolute Gasteiger partial charge is 0.384 e. The van der Waals surface area contributed by atoms with E-state index in [1.54, 1.807) is 6.07 Å². The van der Waals surface area contributed by atoms with Gasteiger partial charge in [-0.2, -0.15) is 13.2 Å². The number of aliphatic hydroxyl groups is 1. The van der Waals surface area contributed by atoms with Crippen molar-refractivity contribution in [2.24, 2.45) is 5.92 Å². The third-order valence-corrected chi connectivity index (χ3v) is 7.06. The molecule has 0 atom stereocenters. The second-order valence-electron chi connectivity index (χ2n) is 9.67. The van der Waals surface area contributed by atoms with Crippen molar-refractivity contribution in [3.63, 3.8) is 0 Å². The molecule has 1 aliphatic heterocycles. The summed E-state index contributed by atoms with van der Waals surface area (Å²) in [7, 11) is 0. The Labute approximate surface area is 208 Å². The van der Waals surface area contributed by atoms with E-state index in [-0.39, 0.29) is 6.73 Å². The first kappa shape index (κ1) is 24.5. The van der Waals surface area contributed by atoms with Gasteiger partial charge in [-0.15, -0.1) is 0 Å². The summed E-state index contributed by atoms with van der Waals surface area (Å²) >= 11 is 0. The number of hydrogen-bond donors (Lipinski definition) is 3. The lowest BCUT2D eigenvalue weighted by Gasteiger charge is -2.23. The molecule has 0 radical (unpaired) electrons. The summed E-state index contributed by atoms with van der Waals surface area (Å²) in [6, 6.07) is 11.5. The minimum absolute atomic E-state index is 0.0109. The summed E-state index contributed by atoms with van der Waals surface area (Å²) in [6.45, 7) is 2.05. The fourth-order valence-electron chi connectivity index (χ4n) is 5.10. The summed E-state index contributed by atoms with van der Waals surface area (Å²) in [5.74, 6) is 1.01. The van der Waals surface area contributed by atoms with Crippen LogP contribution in [0, 0.1) is 5.92 Å². The van der Waals surface area contributed by atoms with Crippen LogP contribution >= 0.6 is 0 Å². The molecule has 3 N–H and O–H groups in total. The Balaban J connectivity index is 1.39. The van der Waals surface area contributed by atoms with E-state index in [1.165, 1.54) is 43.3 Å². The van der Waals surface area contributed by atoms with Crippen LogP contribution in [0.3, 0.4) is 0 Å². The van der Waals surface area contributed by atoms with Gasteiger partial charge in [-0.05, 0) is 54.2 Å². The molecule has 2 aromatic carbocycles. The van der Waals surface area contributed by atoms with Gasteiger partial charge in [-0.3, -0.25) is 4.90 Å². The first-order valence-corrected chi connectivity index (χ1v) is 12.4. The van der Waals surface area contributed by atoms with Crippen LogP contribution in [-0.4, -0.2) is 33.2 Å². The molecule has 1 aromatic heterocycles. The zero-order valence-electron chi connectivity index (χ0n) is 20.0. The summed E-state index contributed by atoms with van der Waals surface area (Å²) in [5.41, 5.74) is 4.07. The zero-order valence-corrected chi connectivity index (χ0v) is 20.0. The predicted octanol–water partition coefficient (Wildman–Crippen LogP) is 6.16. The molecule has 5 rings (SSSR count). The molecule has 0 bridgehead atoms. The van der Waals surface area contributed by atoms with Gasteiger partial charge in [0.1, 0.15) is 12.1 Å². The summed E-state index contributed by atoms with van der Waals surface area (Å²) in [4.78, 5) is 10.6. The van der Waals surface area contributed by atoms with Crippen LogP contribution in [0.2, 0.25) is 0 Å².